The van der Waals surface area contributed by atoms with Crippen LogP contribution >= 0.6 is 31.9 Å². The van der Waals surface area contributed by atoms with Crippen molar-refractivity contribution in [3.8, 4) is 0 Å². The van der Waals surface area contributed by atoms with Crippen LogP contribution < -0.4 is 5.32 Å². The molecule has 108 valence electrons. The van der Waals surface area contributed by atoms with Crippen molar-refractivity contribution in [2.45, 2.75) is 31.2 Å². The van der Waals surface area contributed by atoms with Crippen LogP contribution in [0.1, 0.15) is 30.4 Å². The molecule has 2 nitrogen and oxygen atoms in total. The molecule has 1 fully saturated rings. The van der Waals surface area contributed by atoms with Crippen LogP contribution in [0.3, 0.4) is 0 Å². The fourth-order valence-corrected chi connectivity index (χ4v) is 4.62. The molecule has 0 aliphatic heterocycles. The number of aryl methyl sites for hydroxylation is 1. The molecule has 2 aliphatic rings. The van der Waals surface area contributed by atoms with E-state index in [0.717, 1.165) is 23.5 Å². The average molecular weight is 401 g/mol. The Morgan fingerprint density at radius 1 is 1.35 bits per heavy atom. The number of halogens is 2. The lowest BCUT2D eigenvalue weighted by molar-refractivity contribution is -0.124. The Hall–Kier alpha value is -0.350. The van der Waals surface area contributed by atoms with Gasteiger partial charge < -0.3 is 5.32 Å². The number of fused-ring (bicyclic) bond motifs is 3. The molecule has 0 spiro atoms. The third-order valence-electron chi connectivity index (χ3n) is 4.65. The predicted molar refractivity (Wildman–Crippen MR) is 88.6 cm³/mol. The first-order valence-electron chi connectivity index (χ1n) is 7.11. The highest BCUT2D eigenvalue weighted by Crippen LogP contribution is 2.59. The number of hydrogen-bond donors (Lipinski definition) is 1. The molecule has 2 aliphatic carbocycles. The maximum atomic E-state index is 12.6. The predicted octanol–water partition coefficient (Wildman–Crippen LogP) is 3.63. The molecule has 20 heavy (non-hydrogen) atoms. The monoisotopic (exact) mass is 399 g/mol. The molecule has 1 saturated carbocycles. The minimum atomic E-state index is -0.206. The van der Waals surface area contributed by atoms with E-state index in [1.54, 1.807) is 0 Å². The summed E-state index contributed by atoms with van der Waals surface area (Å²) in [5.74, 6) is 1.41. The standard InChI is InChI=1S/C16H19Br2NO/c1-16(8-17,9-18)19-15(20)14-12-7-6-10-4-2-3-5-11(10)13(12)14/h2-5,12-14H,6-9H2,1H3,(H,19,20). The van der Waals surface area contributed by atoms with Crippen molar-refractivity contribution in [1.29, 1.82) is 0 Å². The van der Waals surface area contributed by atoms with Gasteiger partial charge in [-0.3, -0.25) is 4.79 Å². The van der Waals surface area contributed by atoms with Crippen molar-refractivity contribution in [1.82, 2.24) is 5.32 Å². The van der Waals surface area contributed by atoms with E-state index in [-0.39, 0.29) is 17.4 Å². The van der Waals surface area contributed by atoms with Gasteiger partial charge in [-0.15, -0.1) is 0 Å². The molecule has 3 atom stereocenters. The molecule has 0 saturated heterocycles. The Balaban J connectivity index is 1.74. The maximum absolute atomic E-state index is 12.6. The Morgan fingerprint density at radius 3 is 2.75 bits per heavy atom. The minimum Gasteiger partial charge on any atom is -0.349 e. The molecule has 1 aromatic rings. The molecule has 3 rings (SSSR count). The lowest BCUT2D eigenvalue weighted by Crippen LogP contribution is -2.49. The molecule has 3 unspecified atom stereocenters. The zero-order chi connectivity index (χ0) is 14.3. The van der Waals surface area contributed by atoms with Crippen molar-refractivity contribution in [2.75, 3.05) is 10.7 Å². The van der Waals surface area contributed by atoms with E-state index in [9.17, 15) is 4.79 Å². The van der Waals surface area contributed by atoms with E-state index in [2.05, 4.69) is 68.4 Å². The lowest BCUT2D eigenvalue weighted by atomic mass is 9.92. The van der Waals surface area contributed by atoms with Crippen LogP contribution in [0, 0.1) is 11.8 Å². The fourth-order valence-electron chi connectivity index (χ4n) is 3.41. The summed E-state index contributed by atoms with van der Waals surface area (Å²) < 4.78 is 0. The van der Waals surface area contributed by atoms with Crippen LogP contribution in [0.15, 0.2) is 24.3 Å². The van der Waals surface area contributed by atoms with Gasteiger partial charge in [-0.2, -0.15) is 0 Å². The lowest BCUT2D eigenvalue weighted by Gasteiger charge is -2.26. The second-order valence-corrected chi connectivity index (χ2v) is 7.39. The normalized spacial score (nSPS) is 27.4. The second kappa shape index (κ2) is 5.45. The second-order valence-electron chi connectivity index (χ2n) is 6.27. The molecule has 1 aromatic carbocycles. The molecule has 1 N–H and O–H groups in total. The van der Waals surface area contributed by atoms with E-state index in [0.29, 0.717) is 11.8 Å². The van der Waals surface area contributed by atoms with E-state index >= 15 is 0 Å². The number of carbonyl (C=O) groups excluding carboxylic acids is 1. The third kappa shape index (κ3) is 2.45. The number of amides is 1. The molecule has 0 aromatic heterocycles. The smallest absolute Gasteiger partial charge is 0.224 e. The summed E-state index contributed by atoms with van der Waals surface area (Å²) in [6.07, 6.45) is 2.27. The first-order valence-corrected chi connectivity index (χ1v) is 9.36. The van der Waals surface area contributed by atoms with Gasteiger partial charge >= 0.3 is 0 Å². The number of nitrogens with one attached hydrogen (secondary N) is 1. The van der Waals surface area contributed by atoms with Gasteiger partial charge in [-0.1, -0.05) is 56.1 Å². The summed E-state index contributed by atoms with van der Waals surface area (Å²) in [5.41, 5.74) is 2.64. The van der Waals surface area contributed by atoms with Gasteiger partial charge in [0.2, 0.25) is 5.91 Å². The summed E-state index contributed by atoms with van der Waals surface area (Å²) >= 11 is 6.98. The Labute approximate surface area is 137 Å². The topological polar surface area (TPSA) is 29.1 Å². The summed E-state index contributed by atoms with van der Waals surface area (Å²) in [4.78, 5) is 12.6. The quantitative estimate of drug-likeness (QED) is 0.768. The minimum absolute atomic E-state index is 0.177. The van der Waals surface area contributed by atoms with Gasteiger partial charge in [0, 0.05) is 16.6 Å². The number of carbonyl (C=O) groups is 1. The van der Waals surface area contributed by atoms with Gasteiger partial charge in [-0.25, -0.2) is 0 Å². The van der Waals surface area contributed by atoms with Gasteiger partial charge in [-0.05, 0) is 42.7 Å². The zero-order valence-electron chi connectivity index (χ0n) is 11.5. The molecular formula is C16H19Br2NO. The van der Waals surface area contributed by atoms with Gasteiger partial charge in [0.05, 0.1) is 5.54 Å². The summed E-state index contributed by atoms with van der Waals surface area (Å²) in [7, 11) is 0. The van der Waals surface area contributed by atoms with E-state index < -0.39 is 0 Å². The Morgan fingerprint density at radius 2 is 2.05 bits per heavy atom. The number of benzene rings is 1. The van der Waals surface area contributed by atoms with Crippen molar-refractivity contribution in [3.05, 3.63) is 35.4 Å². The van der Waals surface area contributed by atoms with Gasteiger partial charge in [0.25, 0.3) is 0 Å². The molecule has 0 bridgehead atoms. The average Bonchev–Trinajstić information content (AvgIpc) is 3.22. The van der Waals surface area contributed by atoms with Crippen molar-refractivity contribution < 1.29 is 4.79 Å². The van der Waals surface area contributed by atoms with Gasteiger partial charge in [0.1, 0.15) is 0 Å². The highest BCUT2D eigenvalue weighted by molar-refractivity contribution is 9.09. The fraction of sp³-hybridized carbons (Fsp3) is 0.562. The number of hydrogen-bond acceptors (Lipinski definition) is 1. The summed E-state index contributed by atoms with van der Waals surface area (Å²) in [6, 6.07) is 8.60. The largest absolute Gasteiger partial charge is 0.349 e. The molecule has 0 radical (unpaired) electrons. The van der Waals surface area contributed by atoms with Crippen LogP contribution in [-0.2, 0) is 11.2 Å². The van der Waals surface area contributed by atoms with Crippen LogP contribution in [0.4, 0.5) is 0 Å². The highest BCUT2D eigenvalue weighted by atomic mass is 79.9. The summed E-state index contributed by atoms with van der Waals surface area (Å²) in [6.45, 7) is 2.06. The number of alkyl halides is 2. The van der Waals surface area contributed by atoms with Crippen molar-refractivity contribution in [3.63, 3.8) is 0 Å². The number of rotatable bonds is 4. The maximum Gasteiger partial charge on any atom is 0.224 e. The molecule has 4 heteroatoms. The molecule has 0 heterocycles. The highest BCUT2D eigenvalue weighted by Gasteiger charge is 2.57. The summed E-state index contributed by atoms with van der Waals surface area (Å²) in [5, 5.41) is 4.73. The van der Waals surface area contributed by atoms with Crippen LogP contribution in [0.25, 0.3) is 0 Å². The zero-order valence-corrected chi connectivity index (χ0v) is 14.7. The SMILES string of the molecule is CC(CBr)(CBr)NC(=O)C1C2CCc3ccccc3C21. The first-order chi connectivity index (χ1) is 9.59. The first kappa shape index (κ1) is 14.6. The third-order valence-corrected chi connectivity index (χ3v) is 7.12. The Kier molecular flexibility index (Phi) is 3.97. The van der Waals surface area contributed by atoms with Crippen LogP contribution in [0.2, 0.25) is 0 Å². The van der Waals surface area contributed by atoms with Crippen molar-refractivity contribution >= 4 is 37.8 Å². The van der Waals surface area contributed by atoms with Crippen molar-refractivity contribution in [2.24, 2.45) is 11.8 Å². The van der Waals surface area contributed by atoms with Crippen LogP contribution in [0.5, 0.6) is 0 Å². The Bertz CT molecular complexity index is 527. The van der Waals surface area contributed by atoms with Gasteiger partial charge in [0.15, 0.2) is 0 Å². The molecular weight excluding hydrogens is 382 g/mol. The van der Waals surface area contributed by atoms with E-state index in [1.165, 1.54) is 11.1 Å². The molecule has 1 amide bonds. The van der Waals surface area contributed by atoms with E-state index in [4.69, 9.17) is 0 Å². The van der Waals surface area contributed by atoms with E-state index in [1.807, 2.05) is 0 Å². The van der Waals surface area contributed by atoms with Crippen LogP contribution in [-0.4, -0.2) is 22.1 Å².